The van der Waals surface area contributed by atoms with Crippen molar-refractivity contribution in [3.05, 3.63) is 70.4 Å². The van der Waals surface area contributed by atoms with Gasteiger partial charge in [0.15, 0.2) is 0 Å². The summed E-state index contributed by atoms with van der Waals surface area (Å²) in [5.74, 6) is 0.625. The number of para-hydroxylation sites is 1. The lowest BCUT2D eigenvalue weighted by atomic mass is 9.97. The number of hydrazone groups is 1. The van der Waals surface area contributed by atoms with Crippen molar-refractivity contribution in [1.29, 1.82) is 0 Å². The predicted octanol–water partition coefficient (Wildman–Crippen LogP) is 5.29. The third kappa shape index (κ3) is 3.58. The highest BCUT2D eigenvalue weighted by Gasteiger charge is 2.34. The monoisotopic (exact) mass is 407 g/mol. The number of hydrogen-bond acceptors (Lipinski definition) is 4. The van der Waals surface area contributed by atoms with Gasteiger partial charge in [-0.3, -0.25) is 4.79 Å². The van der Waals surface area contributed by atoms with Crippen molar-refractivity contribution >= 4 is 34.1 Å². The lowest BCUT2D eigenvalue weighted by molar-refractivity contribution is -0.132. The molecule has 148 valence electrons. The Morgan fingerprint density at radius 1 is 1.24 bits per heavy atom. The smallest absolute Gasteiger partial charge is 0.242 e. The SMILES string of the molecule is CCC(=O)N1N=C(c2cccc(C)c2)C[C@@H]1c1cc2cccc(OC)c2nc1Cl. The number of hydrogen-bond donors (Lipinski definition) is 0. The molecule has 0 radical (unpaired) electrons. The highest BCUT2D eigenvalue weighted by Crippen LogP contribution is 2.38. The number of nitrogens with zero attached hydrogens (tertiary/aromatic N) is 3. The van der Waals surface area contributed by atoms with Crippen LogP contribution < -0.4 is 4.74 Å². The van der Waals surface area contributed by atoms with E-state index in [9.17, 15) is 4.79 Å². The number of halogens is 1. The van der Waals surface area contributed by atoms with Crippen molar-refractivity contribution < 1.29 is 9.53 Å². The summed E-state index contributed by atoms with van der Waals surface area (Å²) in [6.07, 6.45) is 0.958. The molecule has 0 bridgehead atoms. The summed E-state index contributed by atoms with van der Waals surface area (Å²) >= 11 is 6.59. The fraction of sp³-hybridized carbons (Fsp3) is 0.261. The second-order valence-electron chi connectivity index (χ2n) is 7.13. The summed E-state index contributed by atoms with van der Waals surface area (Å²) in [7, 11) is 1.61. The van der Waals surface area contributed by atoms with Crippen LogP contribution in [-0.4, -0.2) is 28.7 Å². The van der Waals surface area contributed by atoms with Gasteiger partial charge in [-0.15, -0.1) is 0 Å². The van der Waals surface area contributed by atoms with Gasteiger partial charge < -0.3 is 4.74 Å². The first-order valence-corrected chi connectivity index (χ1v) is 9.99. The number of amides is 1. The largest absolute Gasteiger partial charge is 0.494 e. The van der Waals surface area contributed by atoms with Gasteiger partial charge in [0.25, 0.3) is 0 Å². The van der Waals surface area contributed by atoms with E-state index < -0.39 is 0 Å². The standard InChI is InChI=1S/C23H22ClN3O2/c1-4-21(28)27-19(13-18(26-27)15-8-5-7-14(2)11-15)17-12-16-9-6-10-20(29-3)22(16)25-23(17)24/h5-12,19H,4,13H2,1-3H3/t19-/m1/s1. The van der Waals surface area contributed by atoms with E-state index in [0.717, 1.165) is 27.8 Å². The van der Waals surface area contributed by atoms with Crippen molar-refractivity contribution in [3.8, 4) is 5.75 Å². The normalized spacial score (nSPS) is 16.2. The first-order valence-electron chi connectivity index (χ1n) is 9.61. The maximum Gasteiger partial charge on any atom is 0.242 e. The molecule has 1 aliphatic heterocycles. The average molecular weight is 408 g/mol. The Morgan fingerprint density at radius 2 is 2.03 bits per heavy atom. The van der Waals surface area contributed by atoms with E-state index in [1.165, 1.54) is 0 Å². The Morgan fingerprint density at radius 3 is 2.76 bits per heavy atom. The Balaban J connectivity index is 1.79. The molecule has 0 spiro atoms. The van der Waals surface area contributed by atoms with Crippen molar-refractivity contribution in [1.82, 2.24) is 9.99 Å². The van der Waals surface area contributed by atoms with Gasteiger partial charge in [0.2, 0.25) is 5.91 Å². The van der Waals surface area contributed by atoms with Gasteiger partial charge in [0.05, 0.1) is 18.9 Å². The fourth-order valence-electron chi connectivity index (χ4n) is 3.71. The third-order valence-electron chi connectivity index (χ3n) is 5.19. The first kappa shape index (κ1) is 19.4. The zero-order chi connectivity index (χ0) is 20.5. The molecule has 3 aromatic rings. The molecule has 6 heteroatoms. The molecule has 1 aliphatic rings. The molecule has 1 amide bonds. The average Bonchev–Trinajstić information content (AvgIpc) is 3.17. The van der Waals surface area contributed by atoms with Crippen molar-refractivity contribution in [3.63, 3.8) is 0 Å². The number of rotatable bonds is 4. The molecule has 29 heavy (non-hydrogen) atoms. The van der Waals surface area contributed by atoms with Crippen LogP contribution in [0.15, 0.2) is 53.6 Å². The zero-order valence-corrected chi connectivity index (χ0v) is 17.4. The lowest BCUT2D eigenvalue weighted by Gasteiger charge is -2.22. The zero-order valence-electron chi connectivity index (χ0n) is 16.6. The van der Waals surface area contributed by atoms with E-state index in [0.29, 0.717) is 29.3 Å². The van der Waals surface area contributed by atoms with E-state index in [4.69, 9.17) is 16.3 Å². The molecule has 4 rings (SSSR count). The van der Waals surface area contributed by atoms with Gasteiger partial charge in [-0.05, 0) is 24.6 Å². The number of ether oxygens (including phenoxy) is 1. The number of benzene rings is 2. The summed E-state index contributed by atoms with van der Waals surface area (Å²) in [4.78, 5) is 17.2. The van der Waals surface area contributed by atoms with E-state index in [1.54, 1.807) is 12.1 Å². The number of fused-ring (bicyclic) bond motifs is 1. The van der Waals surface area contributed by atoms with Gasteiger partial charge in [0, 0.05) is 23.8 Å². The molecule has 1 aromatic heterocycles. The summed E-state index contributed by atoms with van der Waals surface area (Å²) < 4.78 is 5.40. The van der Waals surface area contributed by atoms with Gasteiger partial charge in [0.1, 0.15) is 16.4 Å². The number of aryl methyl sites for hydroxylation is 1. The van der Waals surface area contributed by atoms with E-state index >= 15 is 0 Å². The first-order chi connectivity index (χ1) is 14.0. The van der Waals surface area contributed by atoms with Crippen LogP contribution in [0, 0.1) is 6.92 Å². The molecule has 2 aromatic carbocycles. The molecule has 0 saturated carbocycles. The molecule has 0 N–H and O–H groups in total. The van der Waals surface area contributed by atoms with Crippen LogP contribution in [0.25, 0.3) is 10.9 Å². The van der Waals surface area contributed by atoms with Crippen LogP contribution in [0.1, 0.15) is 42.5 Å². The molecular weight excluding hydrogens is 386 g/mol. The number of methoxy groups -OCH3 is 1. The van der Waals surface area contributed by atoms with E-state index in [1.807, 2.05) is 56.3 Å². The quantitative estimate of drug-likeness (QED) is 0.552. The van der Waals surface area contributed by atoms with Gasteiger partial charge in [-0.2, -0.15) is 5.10 Å². The Labute approximate surface area is 175 Å². The number of carbonyl (C=O) groups is 1. The Hall–Kier alpha value is -2.92. The predicted molar refractivity (Wildman–Crippen MR) is 116 cm³/mol. The minimum absolute atomic E-state index is 0.0422. The molecule has 5 nitrogen and oxygen atoms in total. The second-order valence-corrected chi connectivity index (χ2v) is 7.49. The second kappa shape index (κ2) is 7.84. The van der Waals surface area contributed by atoms with Crippen LogP contribution in [0.2, 0.25) is 5.15 Å². The molecule has 0 saturated heterocycles. The maximum absolute atomic E-state index is 12.7. The highest BCUT2D eigenvalue weighted by molar-refractivity contribution is 6.30. The number of pyridine rings is 1. The maximum atomic E-state index is 12.7. The van der Waals surface area contributed by atoms with Crippen molar-refractivity contribution in [2.24, 2.45) is 5.10 Å². The minimum atomic E-state index is -0.284. The molecule has 0 fully saturated rings. The van der Waals surface area contributed by atoms with Gasteiger partial charge in [-0.1, -0.05) is 60.5 Å². The van der Waals surface area contributed by atoms with E-state index in [2.05, 4.69) is 16.2 Å². The highest BCUT2D eigenvalue weighted by atomic mass is 35.5. The molecular formula is C23H22ClN3O2. The fourth-order valence-corrected chi connectivity index (χ4v) is 3.97. The molecule has 0 unspecified atom stereocenters. The van der Waals surface area contributed by atoms with Crippen molar-refractivity contribution in [2.45, 2.75) is 32.7 Å². The molecule has 0 aliphatic carbocycles. The van der Waals surface area contributed by atoms with E-state index in [-0.39, 0.29) is 11.9 Å². The number of aromatic nitrogens is 1. The molecule has 1 atom stereocenters. The topological polar surface area (TPSA) is 54.8 Å². The van der Waals surface area contributed by atoms with Gasteiger partial charge >= 0.3 is 0 Å². The summed E-state index contributed by atoms with van der Waals surface area (Å²) in [6.45, 7) is 3.88. The van der Waals surface area contributed by atoms with Crippen LogP contribution in [0.4, 0.5) is 0 Å². The summed E-state index contributed by atoms with van der Waals surface area (Å²) in [6, 6.07) is 15.6. The summed E-state index contributed by atoms with van der Waals surface area (Å²) in [5.41, 5.74) is 4.55. The summed E-state index contributed by atoms with van der Waals surface area (Å²) in [5, 5.41) is 7.51. The van der Waals surface area contributed by atoms with Crippen LogP contribution in [0.5, 0.6) is 5.75 Å². The minimum Gasteiger partial charge on any atom is -0.494 e. The van der Waals surface area contributed by atoms with Crippen LogP contribution in [0.3, 0.4) is 0 Å². The van der Waals surface area contributed by atoms with Crippen LogP contribution >= 0.6 is 11.6 Å². The van der Waals surface area contributed by atoms with Crippen molar-refractivity contribution in [2.75, 3.05) is 7.11 Å². The van der Waals surface area contributed by atoms with Gasteiger partial charge in [-0.25, -0.2) is 9.99 Å². The molecule has 2 heterocycles. The number of carbonyl (C=O) groups excluding carboxylic acids is 1. The third-order valence-corrected chi connectivity index (χ3v) is 5.49. The lowest BCUT2D eigenvalue weighted by Crippen LogP contribution is -2.26. The van der Waals surface area contributed by atoms with Crippen LogP contribution in [-0.2, 0) is 4.79 Å². The Kier molecular flexibility index (Phi) is 5.24. The Bertz CT molecular complexity index is 1130.